The first-order valence-electron chi connectivity index (χ1n) is 7.68. The summed E-state index contributed by atoms with van der Waals surface area (Å²) < 4.78 is 10.8. The third-order valence-corrected chi connectivity index (χ3v) is 5.58. The fraction of sp³-hybridized carbons (Fsp3) is 0.647. The first kappa shape index (κ1) is 15.3. The highest BCUT2D eigenvalue weighted by Gasteiger charge is 2.60. The van der Waals surface area contributed by atoms with Crippen molar-refractivity contribution in [2.45, 2.75) is 58.3 Å². The zero-order valence-corrected chi connectivity index (χ0v) is 13.3. The average Bonchev–Trinajstić information content (AvgIpc) is 2.61. The van der Waals surface area contributed by atoms with E-state index in [0.717, 1.165) is 12.0 Å². The number of esters is 2. The first-order chi connectivity index (χ1) is 10.2. The molecule has 0 aromatic rings. The smallest absolute Gasteiger partial charge is 0.336 e. The highest BCUT2D eigenvalue weighted by molar-refractivity contribution is 5.92. The van der Waals surface area contributed by atoms with Crippen molar-refractivity contribution in [2.75, 3.05) is 0 Å². The summed E-state index contributed by atoms with van der Waals surface area (Å²) in [6, 6.07) is 0. The number of fused-ring (bicyclic) bond motifs is 2. The van der Waals surface area contributed by atoms with Crippen LogP contribution in [0.25, 0.3) is 0 Å². The number of hydrogen-bond donors (Lipinski definition) is 1. The number of hydrogen-bond acceptors (Lipinski definition) is 5. The van der Waals surface area contributed by atoms with Gasteiger partial charge >= 0.3 is 11.9 Å². The largest absolute Gasteiger partial charge is 0.462 e. The molecule has 0 saturated heterocycles. The first-order valence-corrected chi connectivity index (χ1v) is 7.68. The summed E-state index contributed by atoms with van der Waals surface area (Å²) in [5, 5.41) is 10.8. The Balaban J connectivity index is 2.02. The third-order valence-electron chi connectivity index (χ3n) is 5.58. The van der Waals surface area contributed by atoms with Crippen LogP contribution in [-0.2, 0) is 19.1 Å². The van der Waals surface area contributed by atoms with Crippen molar-refractivity contribution in [3.8, 4) is 0 Å². The number of aliphatic hydroxyl groups is 1. The molecule has 0 bridgehead atoms. The van der Waals surface area contributed by atoms with Crippen LogP contribution in [0.4, 0.5) is 0 Å². The maximum Gasteiger partial charge on any atom is 0.336 e. The van der Waals surface area contributed by atoms with Gasteiger partial charge in [-0.2, -0.15) is 0 Å². The van der Waals surface area contributed by atoms with E-state index < -0.39 is 17.2 Å². The lowest BCUT2D eigenvalue weighted by Gasteiger charge is -2.53. The van der Waals surface area contributed by atoms with Crippen molar-refractivity contribution < 1.29 is 24.2 Å². The SMILES string of the molecule is C=C1CC[C@H](OC(C)=O)[C@]2(C)C[C@@]3(O)OC(=O)C(C)=C3C[C@H]12. The second-order valence-corrected chi connectivity index (χ2v) is 7.01. The van der Waals surface area contributed by atoms with Gasteiger partial charge in [-0.1, -0.05) is 19.1 Å². The van der Waals surface area contributed by atoms with Gasteiger partial charge in [0.1, 0.15) is 6.10 Å². The molecule has 1 N–H and O–H groups in total. The highest BCUT2D eigenvalue weighted by atomic mass is 16.7. The summed E-state index contributed by atoms with van der Waals surface area (Å²) in [4.78, 5) is 23.3. The molecule has 2 saturated carbocycles. The minimum absolute atomic E-state index is 0.0744. The normalized spacial score (nSPS) is 40.9. The van der Waals surface area contributed by atoms with Crippen LogP contribution < -0.4 is 0 Å². The molecule has 2 fully saturated rings. The maximum atomic E-state index is 11.8. The Morgan fingerprint density at radius 1 is 1.50 bits per heavy atom. The Morgan fingerprint density at radius 3 is 2.82 bits per heavy atom. The van der Waals surface area contributed by atoms with E-state index in [2.05, 4.69) is 6.58 Å². The van der Waals surface area contributed by atoms with E-state index in [1.54, 1.807) is 6.92 Å². The molecule has 0 spiro atoms. The van der Waals surface area contributed by atoms with Crippen molar-refractivity contribution in [1.29, 1.82) is 0 Å². The fourth-order valence-corrected chi connectivity index (χ4v) is 4.40. The van der Waals surface area contributed by atoms with Gasteiger partial charge in [0, 0.05) is 29.9 Å². The van der Waals surface area contributed by atoms with E-state index in [9.17, 15) is 14.7 Å². The molecule has 5 heteroatoms. The predicted octanol–water partition coefficient (Wildman–Crippen LogP) is 2.25. The van der Waals surface area contributed by atoms with Crippen LogP contribution in [0, 0.1) is 11.3 Å². The molecule has 22 heavy (non-hydrogen) atoms. The summed E-state index contributed by atoms with van der Waals surface area (Å²) in [5.74, 6) is -2.28. The van der Waals surface area contributed by atoms with Gasteiger partial charge in [-0.25, -0.2) is 4.79 Å². The van der Waals surface area contributed by atoms with Crippen LogP contribution in [0.3, 0.4) is 0 Å². The van der Waals surface area contributed by atoms with Gasteiger partial charge in [-0.3, -0.25) is 4.79 Å². The van der Waals surface area contributed by atoms with Crippen molar-refractivity contribution in [3.05, 3.63) is 23.3 Å². The van der Waals surface area contributed by atoms with Crippen LogP contribution >= 0.6 is 0 Å². The Hall–Kier alpha value is -1.62. The molecule has 3 aliphatic rings. The number of allylic oxidation sites excluding steroid dienone is 1. The number of ether oxygens (including phenoxy) is 2. The van der Waals surface area contributed by atoms with Crippen molar-refractivity contribution in [2.24, 2.45) is 11.3 Å². The highest BCUT2D eigenvalue weighted by Crippen LogP contribution is 2.59. The van der Waals surface area contributed by atoms with Gasteiger partial charge in [-0.15, -0.1) is 0 Å². The van der Waals surface area contributed by atoms with Gasteiger partial charge in [0.15, 0.2) is 0 Å². The number of rotatable bonds is 1. The molecule has 5 nitrogen and oxygen atoms in total. The molecule has 1 heterocycles. The molecule has 0 unspecified atom stereocenters. The number of carbonyl (C=O) groups excluding carboxylic acids is 2. The second-order valence-electron chi connectivity index (χ2n) is 7.01. The quantitative estimate of drug-likeness (QED) is 0.594. The zero-order chi connectivity index (χ0) is 16.3. The molecule has 0 aromatic carbocycles. The average molecular weight is 306 g/mol. The lowest BCUT2D eigenvalue weighted by atomic mass is 9.55. The molecule has 0 aromatic heterocycles. The molecule has 1 aliphatic heterocycles. The molecular weight excluding hydrogens is 284 g/mol. The minimum atomic E-state index is -1.57. The standard InChI is InChI=1S/C17H22O5/c1-9-5-6-14(21-11(3)18)16(4)8-17(20)13(7-12(9)16)10(2)15(19)22-17/h12,14,20H,1,5-8H2,2-4H3/t12-,14+,16-,17-/m1/s1. The fourth-order valence-electron chi connectivity index (χ4n) is 4.40. The van der Waals surface area contributed by atoms with E-state index >= 15 is 0 Å². The minimum Gasteiger partial charge on any atom is -0.462 e. The van der Waals surface area contributed by atoms with Crippen molar-refractivity contribution >= 4 is 11.9 Å². The van der Waals surface area contributed by atoms with Gasteiger partial charge in [0.25, 0.3) is 0 Å². The Morgan fingerprint density at radius 2 is 2.18 bits per heavy atom. The van der Waals surface area contributed by atoms with Gasteiger partial charge < -0.3 is 14.6 Å². The molecule has 4 atom stereocenters. The summed E-state index contributed by atoms with van der Waals surface area (Å²) in [7, 11) is 0. The summed E-state index contributed by atoms with van der Waals surface area (Å²) >= 11 is 0. The summed E-state index contributed by atoms with van der Waals surface area (Å²) in [5.41, 5.74) is 1.76. The molecule has 120 valence electrons. The Labute approximate surface area is 130 Å². The van der Waals surface area contributed by atoms with E-state index in [4.69, 9.17) is 9.47 Å². The topological polar surface area (TPSA) is 72.8 Å². The van der Waals surface area contributed by atoms with Crippen LogP contribution in [0.5, 0.6) is 0 Å². The number of carbonyl (C=O) groups is 2. The molecule has 2 aliphatic carbocycles. The van der Waals surface area contributed by atoms with Crippen LogP contribution in [0.15, 0.2) is 23.3 Å². The Kier molecular flexibility index (Phi) is 3.25. The molecule has 0 amide bonds. The lowest BCUT2D eigenvalue weighted by molar-refractivity contribution is -0.217. The monoisotopic (exact) mass is 306 g/mol. The molecule has 0 radical (unpaired) electrons. The summed E-state index contributed by atoms with van der Waals surface area (Å²) in [6.45, 7) is 9.24. The van der Waals surface area contributed by atoms with E-state index in [1.165, 1.54) is 6.92 Å². The second kappa shape index (κ2) is 4.69. The third kappa shape index (κ3) is 2.02. The van der Waals surface area contributed by atoms with Crippen molar-refractivity contribution in [3.63, 3.8) is 0 Å². The molecule has 3 rings (SSSR count). The van der Waals surface area contributed by atoms with Gasteiger partial charge in [0.2, 0.25) is 5.79 Å². The zero-order valence-electron chi connectivity index (χ0n) is 13.3. The van der Waals surface area contributed by atoms with Gasteiger partial charge in [0.05, 0.1) is 0 Å². The lowest BCUT2D eigenvalue weighted by Crippen LogP contribution is -2.55. The van der Waals surface area contributed by atoms with E-state index in [0.29, 0.717) is 24.0 Å². The van der Waals surface area contributed by atoms with E-state index in [1.807, 2.05) is 6.92 Å². The van der Waals surface area contributed by atoms with Crippen LogP contribution in [-0.4, -0.2) is 28.9 Å². The summed E-state index contributed by atoms with van der Waals surface area (Å²) in [6.07, 6.45) is 1.94. The van der Waals surface area contributed by atoms with E-state index in [-0.39, 0.29) is 24.4 Å². The predicted molar refractivity (Wildman–Crippen MR) is 78.5 cm³/mol. The Bertz CT molecular complexity index is 604. The van der Waals surface area contributed by atoms with Gasteiger partial charge in [-0.05, 0) is 32.1 Å². The molecular formula is C17H22O5. The van der Waals surface area contributed by atoms with Crippen LogP contribution in [0.2, 0.25) is 0 Å². The maximum absolute atomic E-state index is 11.8. The van der Waals surface area contributed by atoms with Crippen molar-refractivity contribution in [1.82, 2.24) is 0 Å². The van der Waals surface area contributed by atoms with Crippen LogP contribution in [0.1, 0.15) is 46.5 Å².